The maximum Gasteiger partial charge on any atom is 0.254 e. The number of aromatic nitrogens is 3. The van der Waals surface area contributed by atoms with Crippen LogP contribution in [-0.2, 0) is 6.42 Å². The van der Waals surface area contributed by atoms with E-state index in [2.05, 4.69) is 20.5 Å². The topological polar surface area (TPSA) is 70.7 Å². The molecule has 6 heteroatoms. The summed E-state index contributed by atoms with van der Waals surface area (Å²) in [5, 5.41) is 10.6. The van der Waals surface area contributed by atoms with Crippen LogP contribution in [0.3, 0.4) is 0 Å². The molecule has 0 saturated carbocycles. The van der Waals surface area contributed by atoms with E-state index in [-0.39, 0.29) is 5.91 Å². The van der Waals surface area contributed by atoms with Gasteiger partial charge in [0.1, 0.15) is 5.03 Å². The lowest BCUT2D eigenvalue weighted by Gasteiger charge is -2.07. The minimum atomic E-state index is -0.0636. The second-order valence-electron chi connectivity index (χ2n) is 4.44. The number of nitrogens with one attached hydrogen (secondary N) is 2. The fraction of sp³-hybridized carbons (Fsp3) is 0.357. The Morgan fingerprint density at radius 1 is 1.50 bits per heavy atom. The third kappa shape index (κ3) is 3.60. The second-order valence-corrected chi connectivity index (χ2v) is 5.23. The van der Waals surface area contributed by atoms with Gasteiger partial charge in [-0.05, 0) is 43.7 Å². The van der Waals surface area contributed by atoms with E-state index in [4.69, 9.17) is 0 Å². The van der Waals surface area contributed by atoms with Crippen LogP contribution in [0.5, 0.6) is 0 Å². The van der Waals surface area contributed by atoms with Crippen molar-refractivity contribution in [3.05, 3.63) is 41.3 Å². The van der Waals surface area contributed by atoms with Crippen molar-refractivity contribution >= 4 is 17.7 Å². The van der Waals surface area contributed by atoms with Crippen molar-refractivity contribution in [3.8, 4) is 0 Å². The van der Waals surface area contributed by atoms with Crippen molar-refractivity contribution < 1.29 is 4.79 Å². The number of carbonyl (C=O) groups is 1. The van der Waals surface area contributed by atoms with Crippen molar-refractivity contribution in [3.63, 3.8) is 0 Å². The van der Waals surface area contributed by atoms with Gasteiger partial charge in [0.15, 0.2) is 0 Å². The molecule has 0 atom stereocenters. The predicted molar refractivity (Wildman–Crippen MR) is 80.0 cm³/mol. The van der Waals surface area contributed by atoms with E-state index in [9.17, 15) is 4.79 Å². The van der Waals surface area contributed by atoms with Crippen molar-refractivity contribution in [1.29, 1.82) is 0 Å². The smallest absolute Gasteiger partial charge is 0.254 e. The van der Waals surface area contributed by atoms with Gasteiger partial charge in [0.05, 0.1) is 11.8 Å². The molecule has 2 rings (SSSR count). The highest BCUT2D eigenvalue weighted by Crippen LogP contribution is 2.16. The van der Waals surface area contributed by atoms with Crippen LogP contribution in [0.25, 0.3) is 0 Å². The quantitative estimate of drug-likeness (QED) is 0.632. The largest absolute Gasteiger partial charge is 0.352 e. The van der Waals surface area contributed by atoms with Crippen molar-refractivity contribution in [2.75, 3.05) is 12.8 Å². The summed E-state index contributed by atoms with van der Waals surface area (Å²) in [6, 6.07) is 3.58. The molecular formula is C14H18N4OS. The zero-order valence-corrected chi connectivity index (χ0v) is 12.5. The molecule has 0 bridgehead atoms. The molecule has 0 spiro atoms. The molecule has 5 nitrogen and oxygen atoms in total. The van der Waals surface area contributed by atoms with Gasteiger partial charge in [0.2, 0.25) is 0 Å². The molecule has 0 radical (unpaired) electrons. The molecule has 0 aliphatic rings. The van der Waals surface area contributed by atoms with Crippen LogP contribution >= 0.6 is 11.8 Å². The number of carbonyl (C=O) groups excluding carboxylic acids is 1. The summed E-state index contributed by atoms with van der Waals surface area (Å²) in [5.41, 5.74) is 2.93. The average molecular weight is 290 g/mol. The van der Waals surface area contributed by atoms with E-state index >= 15 is 0 Å². The molecule has 0 fully saturated rings. The first-order chi connectivity index (χ1) is 9.72. The normalized spacial score (nSPS) is 10.5. The van der Waals surface area contributed by atoms with Crippen LogP contribution in [0, 0.1) is 6.92 Å². The van der Waals surface area contributed by atoms with Gasteiger partial charge < -0.3 is 5.32 Å². The number of thioether (sulfide) groups is 1. The summed E-state index contributed by atoms with van der Waals surface area (Å²) in [7, 11) is 0. The lowest BCUT2D eigenvalue weighted by molar-refractivity contribution is 0.0949. The van der Waals surface area contributed by atoms with Gasteiger partial charge in [-0.2, -0.15) is 5.10 Å². The van der Waals surface area contributed by atoms with Gasteiger partial charge in [0, 0.05) is 18.4 Å². The summed E-state index contributed by atoms with van der Waals surface area (Å²) in [6.45, 7) is 2.65. The molecule has 2 aromatic heterocycles. The van der Waals surface area contributed by atoms with Crippen LogP contribution < -0.4 is 5.32 Å². The van der Waals surface area contributed by atoms with Crippen molar-refractivity contribution in [2.24, 2.45) is 0 Å². The lowest BCUT2D eigenvalue weighted by atomic mass is 10.1. The summed E-state index contributed by atoms with van der Waals surface area (Å²) in [6.07, 6.45) is 7.25. The number of H-pyrrole nitrogens is 1. The number of hydrogen-bond donors (Lipinski definition) is 2. The predicted octanol–water partition coefficient (Wildman–Crippen LogP) is 2.20. The maximum absolute atomic E-state index is 12.1. The Labute approximate surface area is 122 Å². The molecule has 0 aliphatic heterocycles. The first-order valence-corrected chi connectivity index (χ1v) is 7.71. The molecular weight excluding hydrogens is 272 g/mol. The van der Waals surface area contributed by atoms with E-state index in [1.165, 1.54) is 17.3 Å². The number of rotatable bonds is 6. The van der Waals surface area contributed by atoms with Crippen molar-refractivity contribution in [1.82, 2.24) is 20.5 Å². The number of aryl methyl sites for hydroxylation is 2. The van der Waals surface area contributed by atoms with Crippen LogP contribution in [-0.4, -0.2) is 33.9 Å². The summed E-state index contributed by atoms with van der Waals surface area (Å²) < 4.78 is 0. The zero-order chi connectivity index (χ0) is 14.4. The number of hydrogen-bond acceptors (Lipinski definition) is 4. The Morgan fingerprint density at radius 3 is 3.05 bits per heavy atom. The third-order valence-corrected chi connectivity index (χ3v) is 3.76. The molecule has 2 heterocycles. The maximum atomic E-state index is 12.1. The highest BCUT2D eigenvalue weighted by atomic mass is 32.2. The van der Waals surface area contributed by atoms with Crippen LogP contribution in [0.15, 0.2) is 29.6 Å². The van der Waals surface area contributed by atoms with E-state index < -0.39 is 0 Å². The Hall–Kier alpha value is -1.82. The molecule has 0 unspecified atom stereocenters. The standard InChI is InChI=1S/C14H18N4OS/c1-10-11(9-17-18-10)5-3-7-15-13(19)12-6-4-8-16-14(12)20-2/h4,6,8-9H,3,5,7H2,1-2H3,(H,15,19)(H,17,18). The number of pyridine rings is 1. The molecule has 2 aromatic rings. The first kappa shape index (κ1) is 14.6. The van der Waals surface area contributed by atoms with E-state index in [1.807, 2.05) is 19.4 Å². The van der Waals surface area contributed by atoms with Crippen LogP contribution in [0.4, 0.5) is 0 Å². The lowest BCUT2D eigenvalue weighted by Crippen LogP contribution is -2.25. The van der Waals surface area contributed by atoms with Gasteiger partial charge in [-0.1, -0.05) is 0 Å². The van der Waals surface area contributed by atoms with Crippen molar-refractivity contribution in [2.45, 2.75) is 24.8 Å². The van der Waals surface area contributed by atoms with Crippen LogP contribution in [0.1, 0.15) is 28.0 Å². The molecule has 0 saturated heterocycles. The summed E-state index contributed by atoms with van der Waals surface area (Å²) in [4.78, 5) is 16.3. The van der Waals surface area contributed by atoms with E-state index in [1.54, 1.807) is 18.3 Å². The fourth-order valence-corrected chi connectivity index (χ4v) is 2.48. The monoisotopic (exact) mass is 290 g/mol. The summed E-state index contributed by atoms with van der Waals surface area (Å²) >= 11 is 1.48. The van der Waals surface area contributed by atoms with Gasteiger partial charge in [-0.3, -0.25) is 9.89 Å². The van der Waals surface area contributed by atoms with E-state index in [0.717, 1.165) is 23.6 Å². The Kier molecular flexibility index (Phi) is 5.17. The number of nitrogens with zero attached hydrogens (tertiary/aromatic N) is 2. The number of amides is 1. The van der Waals surface area contributed by atoms with Gasteiger partial charge >= 0.3 is 0 Å². The SMILES string of the molecule is CSc1ncccc1C(=O)NCCCc1cn[nH]c1C. The Morgan fingerprint density at radius 2 is 2.35 bits per heavy atom. The molecule has 2 N–H and O–H groups in total. The number of aromatic amines is 1. The van der Waals surface area contributed by atoms with Gasteiger partial charge in [-0.25, -0.2) is 4.98 Å². The third-order valence-electron chi connectivity index (χ3n) is 3.05. The van der Waals surface area contributed by atoms with Crippen LogP contribution in [0.2, 0.25) is 0 Å². The Balaban J connectivity index is 1.82. The highest BCUT2D eigenvalue weighted by Gasteiger charge is 2.10. The second kappa shape index (κ2) is 7.09. The minimum Gasteiger partial charge on any atom is -0.352 e. The first-order valence-electron chi connectivity index (χ1n) is 6.48. The molecule has 106 valence electrons. The van der Waals surface area contributed by atoms with E-state index in [0.29, 0.717) is 12.1 Å². The molecule has 0 aromatic carbocycles. The zero-order valence-electron chi connectivity index (χ0n) is 11.6. The summed E-state index contributed by atoms with van der Waals surface area (Å²) in [5.74, 6) is -0.0636. The van der Waals surface area contributed by atoms with Gasteiger partial charge in [0.25, 0.3) is 5.91 Å². The molecule has 0 aliphatic carbocycles. The minimum absolute atomic E-state index is 0.0636. The average Bonchev–Trinajstić information content (AvgIpc) is 2.88. The molecule has 20 heavy (non-hydrogen) atoms. The molecule has 1 amide bonds. The Bertz CT molecular complexity index is 582. The highest BCUT2D eigenvalue weighted by molar-refractivity contribution is 7.98. The fourth-order valence-electron chi connectivity index (χ4n) is 1.93. The van der Waals surface area contributed by atoms with Gasteiger partial charge in [-0.15, -0.1) is 11.8 Å².